The summed E-state index contributed by atoms with van der Waals surface area (Å²) in [7, 11) is 2.11. The molecule has 5 heteroatoms. The molecule has 0 saturated heterocycles. The van der Waals surface area contributed by atoms with Gasteiger partial charge in [-0.3, -0.25) is 4.90 Å². The Morgan fingerprint density at radius 2 is 2.17 bits per heavy atom. The first-order valence-electron chi connectivity index (χ1n) is 5.81. The lowest BCUT2D eigenvalue weighted by Gasteiger charge is -2.29. The second-order valence-electron chi connectivity index (χ2n) is 4.44. The van der Waals surface area contributed by atoms with Crippen molar-refractivity contribution in [2.75, 3.05) is 7.05 Å². The van der Waals surface area contributed by atoms with Gasteiger partial charge < -0.3 is 5.73 Å². The van der Waals surface area contributed by atoms with Crippen molar-refractivity contribution >= 4 is 34.3 Å². The first kappa shape index (κ1) is 14.0. The monoisotopic (exact) mass is 300 g/mol. The van der Waals surface area contributed by atoms with Crippen LogP contribution in [0.1, 0.15) is 22.7 Å². The highest BCUT2D eigenvalue weighted by Crippen LogP contribution is 2.29. The number of nitrogens with zero attached hydrogens (tertiary/aromatic N) is 1. The third-order valence-electron chi connectivity index (χ3n) is 2.84. The van der Waals surface area contributed by atoms with Gasteiger partial charge in [-0.25, -0.2) is 0 Å². The topological polar surface area (TPSA) is 29.3 Å². The molecular weight excluding hydrogens is 284 g/mol. The van der Waals surface area contributed by atoms with Gasteiger partial charge in [0.1, 0.15) is 0 Å². The highest BCUT2D eigenvalue weighted by molar-refractivity contribution is 7.16. The predicted octanol–water partition coefficient (Wildman–Crippen LogP) is 3.98. The van der Waals surface area contributed by atoms with E-state index >= 15 is 0 Å². The van der Waals surface area contributed by atoms with Crippen LogP contribution in [-0.4, -0.2) is 18.0 Å². The van der Waals surface area contributed by atoms with Gasteiger partial charge in [0.25, 0.3) is 0 Å². The van der Waals surface area contributed by atoms with Gasteiger partial charge >= 0.3 is 0 Å². The first-order valence-corrected chi connectivity index (χ1v) is 7.89. The molecule has 0 radical (unpaired) electrons. The Kier molecular flexibility index (Phi) is 4.81. The molecule has 2 nitrogen and oxygen atoms in total. The molecule has 2 atom stereocenters. The van der Waals surface area contributed by atoms with E-state index in [1.807, 2.05) is 6.07 Å². The number of hydrogen-bond donors (Lipinski definition) is 1. The molecule has 2 N–H and O–H groups in total. The number of hydrogen-bond acceptors (Lipinski definition) is 4. The van der Waals surface area contributed by atoms with Crippen LogP contribution in [0.3, 0.4) is 0 Å². The van der Waals surface area contributed by atoms with Crippen LogP contribution in [0.4, 0.5) is 0 Å². The van der Waals surface area contributed by atoms with Crippen molar-refractivity contribution in [3.05, 3.63) is 43.7 Å². The summed E-state index contributed by atoms with van der Waals surface area (Å²) < 4.78 is 0.840. The molecule has 0 saturated carbocycles. The summed E-state index contributed by atoms with van der Waals surface area (Å²) in [6.07, 6.45) is 0. The second-order valence-corrected chi connectivity index (χ2v) is 7.22. The summed E-state index contributed by atoms with van der Waals surface area (Å²) in [4.78, 5) is 4.87. The normalized spacial score (nSPS) is 14.9. The highest BCUT2D eigenvalue weighted by Gasteiger charge is 2.22. The molecule has 2 aromatic rings. The van der Waals surface area contributed by atoms with E-state index < -0.39 is 0 Å². The van der Waals surface area contributed by atoms with Crippen molar-refractivity contribution in [2.24, 2.45) is 5.73 Å². The Labute approximate surface area is 121 Å². The molecule has 0 aromatic carbocycles. The molecule has 98 valence electrons. The van der Waals surface area contributed by atoms with Crippen molar-refractivity contribution in [1.29, 1.82) is 0 Å². The van der Waals surface area contributed by atoms with Gasteiger partial charge in [-0.15, -0.1) is 22.7 Å². The van der Waals surface area contributed by atoms with Crippen LogP contribution in [0, 0.1) is 0 Å². The minimum absolute atomic E-state index is 0.101. The zero-order valence-corrected chi connectivity index (χ0v) is 12.9. The number of thiophene rings is 2. The van der Waals surface area contributed by atoms with Gasteiger partial charge in [-0.05, 0) is 37.6 Å². The third-order valence-corrected chi connectivity index (χ3v) is 5.00. The van der Waals surface area contributed by atoms with Crippen molar-refractivity contribution in [1.82, 2.24) is 4.90 Å². The van der Waals surface area contributed by atoms with E-state index in [2.05, 4.69) is 42.5 Å². The predicted molar refractivity (Wildman–Crippen MR) is 81.5 cm³/mol. The van der Waals surface area contributed by atoms with Crippen molar-refractivity contribution in [3.8, 4) is 0 Å². The zero-order valence-electron chi connectivity index (χ0n) is 10.5. The molecule has 0 spiro atoms. The molecule has 0 aliphatic heterocycles. The quantitative estimate of drug-likeness (QED) is 0.905. The fourth-order valence-corrected chi connectivity index (χ4v) is 4.27. The molecule has 2 heterocycles. The van der Waals surface area contributed by atoms with Crippen LogP contribution in [0.25, 0.3) is 0 Å². The van der Waals surface area contributed by atoms with Gasteiger partial charge in [0, 0.05) is 22.3 Å². The van der Waals surface area contributed by atoms with E-state index in [4.69, 9.17) is 17.3 Å². The average molecular weight is 301 g/mol. The van der Waals surface area contributed by atoms with Crippen LogP contribution in [0.5, 0.6) is 0 Å². The standard InChI is InChI=1S/C13H17ClN2S2/c1-9(15)13(11-4-3-7-17-11)16(2)8-10-5-6-12(14)18-10/h3-7,9,13H,8,15H2,1-2H3. The molecule has 0 fully saturated rings. The smallest absolute Gasteiger partial charge is 0.0931 e. The Morgan fingerprint density at radius 3 is 2.67 bits per heavy atom. The summed E-state index contributed by atoms with van der Waals surface area (Å²) >= 11 is 9.35. The zero-order chi connectivity index (χ0) is 13.1. The summed E-state index contributed by atoms with van der Waals surface area (Å²) in [6.45, 7) is 2.93. The van der Waals surface area contributed by atoms with Gasteiger partial charge in [-0.2, -0.15) is 0 Å². The van der Waals surface area contributed by atoms with Gasteiger partial charge in [0.2, 0.25) is 0 Å². The van der Waals surface area contributed by atoms with Gasteiger partial charge in [0.05, 0.1) is 10.4 Å². The Morgan fingerprint density at radius 1 is 1.39 bits per heavy atom. The second kappa shape index (κ2) is 6.17. The highest BCUT2D eigenvalue weighted by atomic mass is 35.5. The number of rotatable bonds is 5. The van der Waals surface area contributed by atoms with E-state index in [1.165, 1.54) is 9.75 Å². The van der Waals surface area contributed by atoms with E-state index in [9.17, 15) is 0 Å². The van der Waals surface area contributed by atoms with Crippen molar-refractivity contribution in [3.63, 3.8) is 0 Å². The fraction of sp³-hybridized carbons (Fsp3) is 0.385. The van der Waals surface area contributed by atoms with E-state index in [1.54, 1.807) is 22.7 Å². The largest absolute Gasteiger partial charge is 0.326 e. The molecule has 0 aliphatic rings. The molecule has 2 aromatic heterocycles. The molecule has 2 rings (SSSR count). The maximum absolute atomic E-state index is 6.13. The van der Waals surface area contributed by atoms with Crippen LogP contribution >= 0.6 is 34.3 Å². The first-order chi connectivity index (χ1) is 8.58. The maximum atomic E-state index is 6.13. The minimum atomic E-state index is 0.101. The maximum Gasteiger partial charge on any atom is 0.0931 e. The van der Waals surface area contributed by atoms with Crippen LogP contribution in [-0.2, 0) is 6.54 Å². The lowest BCUT2D eigenvalue weighted by Crippen LogP contribution is -2.36. The van der Waals surface area contributed by atoms with Crippen molar-refractivity contribution < 1.29 is 0 Å². The molecule has 0 amide bonds. The lowest BCUT2D eigenvalue weighted by atomic mass is 10.1. The van der Waals surface area contributed by atoms with Crippen LogP contribution < -0.4 is 5.73 Å². The molecule has 0 aliphatic carbocycles. The van der Waals surface area contributed by atoms with E-state index in [0.29, 0.717) is 0 Å². The Bertz CT molecular complexity index is 479. The molecule has 18 heavy (non-hydrogen) atoms. The molecular formula is C13H17ClN2S2. The summed E-state index contributed by atoms with van der Waals surface area (Å²) in [5, 5.41) is 2.10. The summed E-state index contributed by atoms with van der Waals surface area (Å²) in [5.41, 5.74) is 6.13. The van der Waals surface area contributed by atoms with E-state index in [0.717, 1.165) is 10.9 Å². The van der Waals surface area contributed by atoms with Gasteiger partial charge in [-0.1, -0.05) is 17.7 Å². The number of nitrogens with two attached hydrogens (primary N) is 1. The van der Waals surface area contributed by atoms with Crippen molar-refractivity contribution in [2.45, 2.75) is 25.6 Å². The van der Waals surface area contributed by atoms with E-state index in [-0.39, 0.29) is 12.1 Å². The summed E-state index contributed by atoms with van der Waals surface area (Å²) in [5.74, 6) is 0. The number of likely N-dealkylation sites (N-methyl/N-ethyl adjacent to an activating group) is 1. The average Bonchev–Trinajstić information content (AvgIpc) is 2.90. The molecule has 2 unspecified atom stereocenters. The molecule has 0 bridgehead atoms. The number of halogens is 1. The summed E-state index contributed by atoms with van der Waals surface area (Å²) in [6, 6.07) is 8.61. The lowest BCUT2D eigenvalue weighted by molar-refractivity contribution is 0.216. The van der Waals surface area contributed by atoms with Gasteiger partial charge in [0.15, 0.2) is 0 Å². The van der Waals surface area contributed by atoms with Crippen LogP contribution in [0.15, 0.2) is 29.6 Å². The minimum Gasteiger partial charge on any atom is -0.326 e. The fourth-order valence-electron chi connectivity index (χ4n) is 2.12. The third kappa shape index (κ3) is 3.33. The SMILES string of the molecule is CC(N)C(c1cccs1)N(C)Cc1ccc(Cl)s1. The van der Waals surface area contributed by atoms with Crippen LogP contribution in [0.2, 0.25) is 4.34 Å². The Balaban J connectivity index is 2.11. The Hall–Kier alpha value is -0.390.